The van der Waals surface area contributed by atoms with E-state index in [1.165, 1.54) is 10.4 Å². The van der Waals surface area contributed by atoms with E-state index in [9.17, 15) is 13.5 Å². The lowest BCUT2D eigenvalue weighted by Gasteiger charge is -2.17. The maximum Gasteiger partial charge on any atom is 0.244 e. The molecule has 0 aromatic heterocycles. The lowest BCUT2D eigenvalue weighted by Crippen LogP contribution is -2.30. The molecule has 1 aromatic carbocycles. The van der Waals surface area contributed by atoms with Gasteiger partial charge in [-0.15, -0.1) is 0 Å². The molecule has 0 radical (unpaired) electrons. The summed E-state index contributed by atoms with van der Waals surface area (Å²) in [6.45, 7) is 0.480. The lowest BCUT2D eigenvalue weighted by molar-refractivity contribution is 0.189. The molecule has 1 unspecified atom stereocenters. The summed E-state index contributed by atoms with van der Waals surface area (Å²) in [5.41, 5.74) is 5.99. The summed E-state index contributed by atoms with van der Waals surface area (Å²) in [7, 11) is -3.58. The zero-order valence-corrected chi connectivity index (χ0v) is 11.4. The lowest BCUT2D eigenvalue weighted by atomic mass is 10.3. The molecule has 1 aliphatic heterocycles. The molecule has 7 heteroatoms. The SMILES string of the molecule is Nc1ccc(Br)c(S(=O)(=O)N2CCC(O)C2)c1. The molecule has 1 atom stereocenters. The van der Waals surface area contributed by atoms with Crippen molar-refractivity contribution in [2.24, 2.45) is 0 Å². The first-order valence-corrected chi connectivity index (χ1v) is 7.38. The van der Waals surface area contributed by atoms with Crippen LogP contribution >= 0.6 is 15.9 Å². The van der Waals surface area contributed by atoms with Gasteiger partial charge in [-0.25, -0.2) is 8.42 Å². The summed E-state index contributed by atoms with van der Waals surface area (Å²) in [5, 5.41) is 9.39. The first-order chi connectivity index (χ1) is 7.91. The van der Waals surface area contributed by atoms with Gasteiger partial charge in [-0.1, -0.05) is 0 Å². The van der Waals surface area contributed by atoms with Crippen LogP contribution in [0.25, 0.3) is 0 Å². The van der Waals surface area contributed by atoms with Crippen LogP contribution in [0.3, 0.4) is 0 Å². The third-order valence-corrected chi connectivity index (χ3v) is 5.56. The Labute approximate surface area is 108 Å². The molecule has 0 aliphatic carbocycles. The van der Waals surface area contributed by atoms with Gasteiger partial charge < -0.3 is 10.8 Å². The fourth-order valence-corrected chi connectivity index (χ4v) is 4.24. The van der Waals surface area contributed by atoms with Gasteiger partial charge in [0.2, 0.25) is 10.0 Å². The molecule has 5 nitrogen and oxygen atoms in total. The van der Waals surface area contributed by atoms with Crippen LogP contribution in [0, 0.1) is 0 Å². The number of aliphatic hydroxyl groups excluding tert-OH is 1. The molecule has 1 aromatic rings. The zero-order valence-electron chi connectivity index (χ0n) is 9.01. The highest BCUT2D eigenvalue weighted by Crippen LogP contribution is 2.29. The number of hydrogen-bond donors (Lipinski definition) is 2. The Balaban J connectivity index is 2.41. The second-order valence-corrected chi connectivity index (χ2v) is 6.76. The smallest absolute Gasteiger partial charge is 0.244 e. The third kappa shape index (κ3) is 2.47. The Morgan fingerprint density at radius 2 is 2.18 bits per heavy atom. The highest BCUT2D eigenvalue weighted by molar-refractivity contribution is 9.10. The number of hydrogen-bond acceptors (Lipinski definition) is 4. The van der Waals surface area contributed by atoms with E-state index in [0.717, 1.165) is 0 Å². The van der Waals surface area contributed by atoms with Crippen LogP contribution in [0.4, 0.5) is 5.69 Å². The number of nitrogen functional groups attached to an aromatic ring is 1. The zero-order chi connectivity index (χ0) is 12.6. The highest BCUT2D eigenvalue weighted by Gasteiger charge is 2.32. The predicted molar refractivity (Wildman–Crippen MR) is 67.9 cm³/mol. The minimum atomic E-state index is -3.58. The molecule has 0 saturated carbocycles. The van der Waals surface area contributed by atoms with Gasteiger partial charge in [0.05, 0.1) is 11.0 Å². The van der Waals surface area contributed by atoms with Crippen molar-refractivity contribution >= 4 is 31.6 Å². The van der Waals surface area contributed by atoms with Gasteiger partial charge >= 0.3 is 0 Å². The van der Waals surface area contributed by atoms with Gasteiger partial charge in [-0.05, 0) is 40.5 Å². The highest BCUT2D eigenvalue weighted by atomic mass is 79.9. The minimum Gasteiger partial charge on any atom is -0.399 e. The van der Waals surface area contributed by atoms with Crippen molar-refractivity contribution in [1.82, 2.24) is 4.31 Å². The predicted octanol–water partition coefficient (Wildman–Crippen LogP) is 0.787. The van der Waals surface area contributed by atoms with Gasteiger partial charge in [-0.2, -0.15) is 4.31 Å². The number of halogens is 1. The number of rotatable bonds is 2. The molecule has 2 rings (SSSR count). The monoisotopic (exact) mass is 320 g/mol. The maximum atomic E-state index is 12.3. The van der Waals surface area contributed by atoms with Crippen LogP contribution in [-0.4, -0.2) is 37.0 Å². The second-order valence-electron chi connectivity index (χ2n) is 4.00. The Morgan fingerprint density at radius 3 is 2.76 bits per heavy atom. The van der Waals surface area contributed by atoms with Gasteiger partial charge in [0.1, 0.15) is 0 Å². The number of aliphatic hydroxyl groups is 1. The molecule has 0 spiro atoms. The number of nitrogens with zero attached hydrogens (tertiary/aromatic N) is 1. The number of sulfonamides is 1. The Morgan fingerprint density at radius 1 is 1.47 bits per heavy atom. The summed E-state index contributed by atoms with van der Waals surface area (Å²) in [4.78, 5) is 0.145. The van der Waals surface area contributed by atoms with Crippen molar-refractivity contribution in [2.45, 2.75) is 17.4 Å². The largest absolute Gasteiger partial charge is 0.399 e. The van der Waals surface area contributed by atoms with Crippen LogP contribution in [0.5, 0.6) is 0 Å². The molecular weight excluding hydrogens is 308 g/mol. The van der Waals surface area contributed by atoms with Crippen LogP contribution in [0.2, 0.25) is 0 Å². The van der Waals surface area contributed by atoms with E-state index in [-0.39, 0.29) is 11.4 Å². The number of β-amino-alcohol motifs (C(OH)–C–C–N with tert-alkyl or cyclic N) is 1. The van der Waals surface area contributed by atoms with Crippen LogP contribution in [-0.2, 0) is 10.0 Å². The number of anilines is 1. The molecule has 1 aliphatic rings. The normalized spacial score (nSPS) is 21.9. The van der Waals surface area contributed by atoms with E-state index in [4.69, 9.17) is 5.73 Å². The topological polar surface area (TPSA) is 83.6 Å². The van der Waals surface area contributed by atoms with Crippen molar-refractivity contribution < 1.29 is 13.5 Å². The van der Waals surface area contributed by atoms with Gasteiger partial charge in [0.15, 0.2) is 0 Å². The van der Waals surface area contributed by atoms with E-state index < -0.39 is 16.1 Å². The fourth-order valence-electron chi connectivity index (χ4n) is 1.79. The van der Waals surface area contributed by atoms with Crippen molar-refractivity contribution in [3.63, 3.8) is 0 Å². The van der Waals surface area contributed by atoms with E-state index in [1.807, 2.05) is 0 Å². The Kier molecular flexibility index (Phi) is 3.44. The summed E-state index contributed by atoms with van der Waals surface area (Å²) < 4.78 is 26.3. The second kappa shape index (κ2) is 4.56. The van der Waals surface area contributed by atoms with Gasteiger partial charge in [0.25, 0.3) is 0 Å². The molecule has 17 heavy (non-hydrogen) atoms. The van der Waals surface area contributed by atoms with Crippen LogP contribution < -0.4 is 5.73 Å². The average Bonchev–Trinajstić information content (AvgIpc) is 2.69. The first-order valence-electron chi connectivity index (χ1n) is 5.14. The van der Waals surface area contributed by atoms with Gasteiger partial charge in [0, 0.05) is 23.2 Å². The molecule has 1 saturated heterocycles. The average molecular weight is 321 g/mol. The first kappa shape index (κ1) is 12.8. The molecule has 94 valence electrons. The fraction of sp³-hybridized carbons (Fsp3) is 0.400. The van der Waals surface area contributed by atoms with E-state index in [1.54, 1.807) is 12.1 Å². The summed E-state index contributed by atoms with van der Waals surface area (Å²) >= 11 is 3.20. The van der Waals surface area contributed by atoms with E-state index in [2.05, 4.69) is 15.9 Å². The van der Waals surface area contributed by atoms with Crippen molar-refractivity contribution in [3.8, 4) is 0 Å². The Bertz CT molecular complexity index is 532. The summed E-state index contributed by atoms with van der Waals surface area (Å²) in [5.74, 6) is 0. The van der Waals surface area contributed by atoms with Crippen molar-refractivity contribution in [1.29, 1.82) is 0 Å². The quantitative estimate of drug-likeness (QED) is 0.789. The maximum absolute atomic E-state index is 12.3. The van der Waals surface area contributed by atoms with Crippen LogP contribution in [0.1, 0.15) is 6.42 Å². The minimum absolute atomic E-state index is 0.142. The Hall–Kier alpha value is -0.630. The van der Waals surface area contributed by atoms with Crippen LogP contribution in [0.15, 0.2) is 27.6 Å². The third-order valence-electron chi connectivity index (χ3n) is 2.70. The molecule has 1 heterocycles. The molecule has 0 bridgehead atoms. The van der Waals surface area contributed by atoms with Gasteiger partial charge in [-0.3, -0.25) is 0 Å². The number of nitrogens with two attached hydrogens (primary N) is 1. The molecule has 1 fully saturated rings. The number of benzene rings is 1. The van der Waals surface area contributed by atoms with Crippen molar-refractivity contribution in [2.75, 3.05) is 18.8 Å². The summed E-state index contributed by atoms with van der Waals surface area (Å²) in [6.07, 6.45) is -0.108. The summed E-state index contributed by atoms with van der Waals surface area (Å²) in [6, 6.07) is 4.65. The van der Waals surface area contributed by atoms with Crippen molar-refractivity contribution in [3.05, 3.63) is 22.7 Å². The molecule has 0 amide bonds. The molecule has 3 N–H and O–H groups in total. The standard InChI is InChI=1S/C10H13BrN2O3S/c11-9-2-1-7(12)5-10(9)17(15,16)13-4-3-8(14)6-13/h1-2,5,8,14H,3-4,6,12H2. The van der Waals surface area contributed by atoms with E-state index in [0.29, 0.717) is 23.1 Å². The molecular formula is C10H13BrN2O3S. The van der Waals surface area contributed by atoms with E-state index >= 15 is 0 Å².